The van der Waals surface area contributed by atoms with Gasteiger partial charge in [0.05, 0.1) is 17.6 Å². The number of amides is 2. The summed E-state index contributed by atoms with van der Waals surface area (Å²) in [5.41, 5.74) is 10.7. The molecule has 2 amide bonds. The second-order valence-electron chi connectivity index (χ2n) is 8.02. The van der Waals surface area contributed by atoms with Crippen LogP contribution >= 0.6 is 11.6 Å². The first-order valence-corrected chi connectivity index (χ1v) is 11.8. The molecule has 2 aromatic carbocycles. The van der Waals surface area contributed by atoms with Crippen LogP contribution in [0.25, 0.3) is 16.8 Å². The number of carbonyl (C=O) groups is 2. The lowest BCUT2D eigenvalue weighted by molar-refractivity contribution is 0.111. The Labute approximate surface area is 213 Å². The van der Waals surface area contributed by atoms with Crippen molar-refractivity contribution < 1.29 is 9.59 Å². The molecule has 2 aromatic heterocycles. The summed E-state index contributed by atoms with van der Waals surface area (Å²) in [6.45, 7) is 3.95. The van der Waals surface area contributed by atoms with E-state index in [-0.39, 0.29) is 0 Å². The second-order valence-corrected chi connectivity index (χ2v) is 8.45. The molecule has 5 rings (SSSR count). The van der Waals surface area contributed by atoms with Crippen LogP contribution in [0, 0.1) is 0 Å². The van der Waals surface area contributed by atoms with E-state index in [4.69, 9.17) is 17.3 Å². The summed E-state index contributed by atoms with van der Waals surface area (Å²) in [6, 6.07) is 14.3. The SMILES string of the molecule is CNc1cc(NC(N)=O)ccc1N1CCNCC1.O=Cc1ccn2ncc(-c3cccc(Cl)c3)c2n1. The minimum Gasteiger partial charge on any atom is -0.386 e. The highest BCUT2D eigenvalue weighted by Crippen LogP contribution is 2.29. The topological polar surface area (TPSA) is 130 Å². The fourth-order valence-electron chi connectivity index (χ4n) is 3.95. The molecule has 1 aliphatic rings. The summed E-state index contributed by atoms with van der Waals surface area (Å²) >= 11 is 5.97. The molecule has 1 saturated heterocycles. The first-order valence-electron chi connectivity index (χ1n) is 11.4. The molecule has 10 nitrogen and oxygen atoms in total. The van der Waals surface area contributed by atoms with E-state index in [2.05, 4.69) is 30.9 Å². The number of piperazine rings is 1. The van der Waals surface area contributed by atoms with Crippen molar-refractivity contribution in [3.63, 3.8) is 0 Å². The zero-order chi connectivity index (χ0) is 25.5. The fourth-order valence-corrected chi connectivity index (χ4v) is 4.14. The molecule has 0 atom stereocenters. The van der Waals surface area contributed by atoms with Crippen molar-refractivity contribution in [2.75, 3.05) is 48.8 Å². The number of aromatic nitrogens is 3. The van der Waals surface area contributed by atoms with Crippen molar-refractivity contribution in [1.29, 1.82) is 0 Å². The molecule has 0 saturated carbocycles. The Bertz CT molecular complexity index is 1370. The van der Waals surface area contributed by atoms with Crippen LogP contribution in [0.3, 0.4) is 0 Å². The van der Waals surface area contributed by atoms with Gasteiger partial charge < -0.3 is 26.6 Å². The normalized spacial score (nSPS) is 13.0. The molecule has 186 valence electrons. The number of primary amides is 1. The molecule has 1 fully saturated rings. The lowest BCUT2D eigenvalue weighted by Gasteiger charge is -2.31. The number of nitrogens with zero attached hydrogens (tertiary/aromatic N) is 4. The number of halogens is 1. The molecule has 5 N–H and O–H groups in total. The molecule has 3 heterocycles. The molecule has 0 bridgehead atoms. The van der Waals surface area contributed by atoms with Gasteiger partial charge in [0, 0.05) is 55.7 Å². The number of hydrogen-bond donors (Lipinski definition) is 4. The third-order valence-corrected chi connectivity index (χ3v) is 5.87. The maximum absolute atomic E-state index is 10.8. The van der Waals surface area contributed by atoms with Gasteiger partial charge in [0.25, 0.3) is 0 Å². The van der Waals surface area contributed by atoms with Crippen molar-refractivity contribution in [3.8, 4) is 11.1 Å². The largest absolute Gasteiger partial charge is 0.386 e. The van der Waals surface area contributed by atoms with E-state index >= 15 is 0 Å². The Hall–Kier alpha value is -4.15. The number of nitrogens with one attached hydrogen (secondary N) is 3. The quantitative estimate of drug-likeness (QED) is 0.305. The van der Waals surface area contributed by atoms with Gasteiger partial charge in [-0.2, -0.15) is 5.10 Å². The average molecular weight is 507 g/mol. The Morgan fingerprint density at radius 2 is 1.97 bits per heavy atom. The van der Waals surface area contributed by atoms with E-state index in [9.17, 15) is 9.59 Å². The fraction of sp³-hybridized carbons (Fsp3) is 0.200. The summed E-state index contributed by atoms with van der Waals surface area (Å²) in [6.07, 6.45) is 4.14. The molecule has 4 aromatic rings. The molecule has 0 radical (unpaired) electrons. The van der Waals surface area contributed by atoms with Crippen LogP contribution in [-0.4, -0.2) is 60.1 Å². The second kappa shape index (κ2) is 11.5. The number of benzene rings is 2. The minimum absolute atomic E-state index is 0.381. The van der Waals surface area contributed by atoms with Gasteiger partial charge in [-0.15, -0.1) is 0 Å². The maximum Gasteiger partial charge on any atom is 0.316 e. The average Bonchev–Trinajstić information content (AvgIpc) is 3.32. The third-order valence-electron chi connectivity index (χ3n) is 5.64. The smallest absolute Gasteiger partial charge is 0.316 e. The number of hydrogen-bond acceptors (Lipinski definition) is 7. The summed E-state index contributed by atoms with van der Waals surface area (Å²) in [4.78, 5) is 28.2. The van der Waals surface area contributed by atoms with Crippen LogP contribution in [0.4, 0.5) is 21.9 Å². The van der Waals surface area contributed by atoms with E-state index in [0.29, 0.717) is 22.1 Å². The predicted octanol–water partition coefficient (Wildman–Crippen LogP) is 3.49. The number of fused-ring (bicyclic) bond motifs is 1. The first kappa shape index (κ1) is 25.0. The first-order chi connectivity index (χ1) is 17.5. The van der Waals surface area contributed by atoms with E-state index in [1.165, 1.54) is 0 Å². The van der Waals surface area contributed by atoms with Gasteiger partial charge in [-0.1, -0.05) is 23.7 Å². The van der Waals surface area contributed by atoms with Gasteiger partial charge in [0.1, 0.15) is 5.69 Å². The Morgan fingerprint density at radius 3 is 2.67 bits per heavy atom. The van der Waals surface area contributed by atoms with E-state index < -0.39 is 6.03 Å². The summed E-state index contributed by atoms with van der Waals surface area (Å²) < 4.78 is 1.63. The molecule has 0 spiro atoms. The Kier molecular flexibility index (Phi) is 7.99. The zero-order valence-corrected chi connectivity index (χ0v) is 20.5. The predicted molar refractivity (Wildman–Crippen MR) is 143 cm³/mol. The summed E-state index contributed by atoms with van der Waals surface area (Å²) in [5.74, 6) is 0. The Morgan fingerprint density at radius 1 is 1.17 bits per heavy atom. The molecule has 11 heteroatoms. The number of urea groups is 1. The third kappa shape index (κ3) is 5.91. The molecule has 0 aliphatic carbocycles. The van der Waals surface area contributed by atoms with Crippen LogP contribution in [-0.2, 0) is 0 Å². The Balaban J connectivity index is 0.000000169. The van der Waals surface area contributed by atoms with Crippen molar-refractivity contribution in [1.82, 2.24) is 19.9 Å². The standard InChI is InChI=1S/C13H8ClN3O.C12H19N5O/c14-10-3-1-2-9(6-10)12-7-15-17-5-4-11(8-18)16-13(12)17;1-14-10-8-9(16-12(13)18)2-3-11(10)17-6-4-15-5-7-17/h1-8H;2-3,8,14-15H,4-7H2,1H3,(H3,13,16,18). The lowest BCUT2D eigenvalue weighted by atomic mass is 10.1. The molecular weight excluding hydrogens is 480 g/mol. The number of aldehydes is 1. The van der Waals surface area contributed by atoms with Crippen LogP contribution in [0.5, 0.6) is 0 Å². The monoisotopic (exact) mass is 506 g/mol. The van der Waals surface area contributed by atoms with Crippen molar-refractivity contribution in [3.05, 3.63) is 71.6 Å². The van der Waals surface area contributed by atoms with E-state index in [1.54, 1.807) is 29.0 Å². The highest BCUT2D eigenvalue weighted by Gasteiger charge is 2.14. The van der Waals surface area contributed by atoms with Crippen LogP contribution in [0.15, 0.2) is 60.9 Å². The maximum atomic E-state index is 10.8. The van der Waals surface area contributed by atoms with Crippen LogP contribution in [0.1, 0.15) is 10.5 Å². The van der Waals surface area contributed by atoms with E-state index in [1.807, 2.05) is 43.4 Å². The van der Waals surface area contributed by atoms with Gasteiger partial charge in [-0.05, 0) is 42.0 Å². The molecular formula is C25H27ClN8O2. The van der Waals surface area contributed by atoms with Gasteiger partial charge in [-0.3, -0.25) is 4.79 Å². The highest BCUT2D eigenvalue weighted by molar-refractivity contribution is 6.30. The van der Waals surface area contributed by atoms with Crippen molar-refractivity contribution in [2.45, 2.75) is 0 Å². The van der Waals surface area contributed by atoms with Gasteiger partial charge in [-0.25, -0.2) is 14.3 Å². The van der Waals surface area contributed by atoms with Crippen molar-refractivity contribution >= 4 is 46.6 Å². The molecule has 0 unspecified atom stereocenters. The van der Waals surface area contributed by atoms with Gasteiger partial charge in [0.2, 0.25) is 0 Å². The van der Waals surface area contributed by atoms with E-state index in [0.717, 1.165) is 55.0 Å². The number of carbonyl (C=O) groups excluding carboxylic acids is 2. The van der Waals surface area contributed by atoms with Gasteiger partial charge in [0.15, 0.2) is 11.9 Å². The molecule has 36 heavy (non-hydrogen) atoms. The highest BCUT2D eigenvalue weighted by atomic mass is 35.5. The van der Waals surface area contributed by atoms with Crippen molar-refractivity contribution in [2.24, 2.45) is 5.73 Å². The van der Waals surface area contributed by atoms with Gasteiger partial charge >= 0.3 is 6.03 Å². The lowest BCUT2D eigenvalue weighted by Crippen LogP contribution is -2.43. The number of anilines is 3. The zero-order valence-electron chi connectivity index (χ0n) is 19.7. The summed E-state index contributed by atoms with van der Waals surface area (Å²) in [7, 11) is 1.87. The molecule has 1 aliphatic heterocycles. The summed E-state index contributed by atoms with van der Waals surface area (Å²) in [5, 5.41) is 13.9. The minimum atomic E-state index is -0.549. The van der Waals surface area contributed by atoms with Crippen LogP contribution < -0.4 is 26.6 Å². The number of rotatable bonds is 5. The van der Waals surface area contributed by atoms with Crippen LogP contribution in [0.2, 0.25) is 5.02 Å². The number of nitrogens with two attached hydrogens (primary N) is 1.